The van der Waals surface area contributed by atoms with E-state index < -0.39 is 5.60 Å². The van der Waals surface area contributed by atoms with Crippen LogP contribution in [0.15, 0.2) is 0 Å². The van der Waals surface area contributed by atoms with Gasteiger partial charge in [0.1, 0.15) is 5.60 Å². The van der Waals surface area contributed by atoms with Gasteiger partial charge in [-0.3, -0.25) is 0 Å². The monoisotopic (exact) mass is 161 g/mol. The lowest BCUT2D eigenvalue weighted by molar-refractivity contribution is -0.0425. The molecule has 0 fully saturated rings. The average Bonchev–Trinajstić information content (AvgIpc) is 2.02. The van der Waals surface area contributed by atoms with Crippen LogP contribution in [0.25, 0.3) is 0 Å². The summed E-state index contributed by atoms with van der Waals surface area (Å²) in [4.78, 5) is 0. The number of hydrogen-bond acceptors (Lipinski definition) is 3. The number of rotatable bonds is 6. The van der Waals surface area contributed by atoms with Crippen molar-refractivity contribution in [3.05, 3.63) is 0 Å². The average molecular weight is 161 g/mol. The molecule has 0 radical (unpaired) electrons. The number of ether oxygens (including phenoxy) is 1. The summed E-state index contributed by atoms with van der Waals surface area (Å²) in [7, 11) is 0. The highest BCUT2D eigenvalue weighted by Gasteiger charge is 2.23. The largest absolute Gasteiger partial charge is 0.386 e. The molecule has 68 valence electrons. The Morgan fingerprint density at radius 3 is 2.45 bits per heavy atom. The van der Waals surface area contributed by atoms with E-state index in [1.54, 1.807) is 0 Å². The van der Waals surface area contributed by atoms with Crippen molar-refractivity contribution in [2.75, 3.05) is 19.8 Å². The van der Waals surface area contributed by atoms with Crippen LogP contribution in [-0.4, -0.2) is 30.5 Å². The SMILES string of the molecule is CCCC(O)(CN)COCC. The number of aliphatic hydroxyl groups is 1. The minimum absolute atomic E-state index is 0.279. The lowest BCUT2D eigenvalue weighted by Gasteiger charge is -2.25. The molecule has 0 spiro atoms. The fourth-order valence-corrected chi connectivity index (χ4v) is 0.991. The second kappa shape index (κ2) is 5.52. The highest BCUT2D eigenvalue weighted by atomic mass is 16.5. The van der Waals surface area contributed by atoms with E-state index in [0.29, 0.717) is 19.6 Å². The Hall–Kier alpha value is -0.120. The van der Waals surface area contributed by atoms with Crippen molar-refractivity contribution in [1.29, 1.82) is 0 Å². The van der Waals surface area contributed by atoms with Crippen LogP contribution in [-0.2, 0) is 4.74 Å². The summed E-state index contributed by atoms with van der Waals surface area (Å²) in [6.45, 7) is 5.19. The Morgan fingerprint density at radius 1 is 1.45 bits per heavy atom. The van der Waals surface area contributed by atoms with Crippen LogP contribution < -0.4 is 5.73 Å². The minimum Gasteiger partial charge on any atom is -0.386 e. The van der Waals surface area contributed by atoms with Crippen molar-refractivity contribution in [1.82, 2.24) is 0 Å². The van der Waals surface area contributed by atoms with Crippen LogP contribution in [0.3, 0.4) is 0 Å². The Bertz CT molecular complexity index is 98.1. The van der Waals surface area contributed by atoms with Gasteiger partial charge in [0.25, 0.3) is 0 Å². The van der Waals surface area contributed by atoms with Crippen LogP contribution in [0.4, 0.5) is 0 Å². The lowest BCUT2D eigenvalue weighted by Crippen LogP contribution is -2.42. The lowest BCUT2D eigenvalue weighted by atomic mass is 10.00. The van der Waals surface area contributed by atoms with E-state index in [1.807, 2.05) is 13.8 Å². The summed E-state index contributed by atoms with van der Waals surface area (Å²) < 4.78 is 5.11. The summed E-state index contributed by atoms with van der Waals surface area (Å²) in [6.07, 6.45) is 1.64. The van der Waals surface area contributed by atoms with Crippen LogP contribution in [0.5, 0.6) is 0 Å². The molecule has 0 saturated carbocycles. The first-order valence-electron chi connectivity index (χ1n) is 4.18. The maximum Gasteiger partial charge on any atom is 0.100 e. The Kier molecular flexibility index (Phi) is 5.46. The maximum absolute atomic E-state index is 9.70. The molecule has 3 heteroatoms. The van der Waals surface area contributed by atoms with Crippen molar-refractivity contribution in [3.8, 4) is 0 Å². The third kappa shape index (κ3) is 4.35. The Labute approximate surface area is 68.5 Å². The normalized spacial score (nSPS) is 16.4. The summed E-state index contributed by atoms with van der Waals surface area (Å²) in [5.41, 5.74) is 4.60. The fraction of sp³-hybridized carbons (Fsp3) is 1.00. The van der Waals surface area contributed by atoms with Gasteiger partial charge in [-0.25, -0.2) is 0 Å². The van der Waals surface area contributed by atoms with E-state index in [2.05, 4.69) is 0 Å². The quantitative estimate of drug-likeness (QED) is 0.597. The predicted molar refractivity (Wildman–Crippen MR) is 45.4 cm³/mol. The molecule has 3 nitrogen and oxygen atoms in total. The zero-order valence-electron chi connectivity index (χ0n) is 7.47. The third-order valence-electron chi connectivity index (χ3n) is 1.67. The molecule has 3 N–H and O–H groups in total. The van der Waals surface area contributed by atoms with Gasteiger partial charge in [0, 0.05) is 13.2 Å². The molecule has 0 amide bonds. The van der Waals surface area contributed by atoms with Gasteiger partial charge in [-0.15, -0.1) is 0 Å². The van der Waals surface area contributed by atoms with Crippen LogP contribution in [0.2, 0.25) is 0 Å². The first-order valence-corrected chi connectivity index (χ1v) is 4.18. The van der Waals surface area contributed by atoms with Gasteiger partial charge in [-0.1, -0.05) is 13.3 Å². The first kappa shape index (κ1) is 10.9. The van der Waals surface area contributed by atoms with E-state index in [-0.39, 0.29) is 6.54 Å². The maximum atomic E-state index is 9.70. The van der Waals surface area contributed by atoms with Crippen molar-refractivity contribution >= 4 is 0 Å². The molecule has 0 aliphatic carbocycles. The molecule has 0 heterocycles. The molecule has 1 unspecified atom stereocenters. The minimum atomic E-state index is -0.801. The first-order chi connectivity index (χ1) is 5.18. The van der Waals surface area contributed by atoms with Crippen LogP contribution in [0, 0.1) is 0 Å². The molecular formula is C8H19NO2. The number of nitrogens with two attached hydrogens (primary N) is 1. The van der Waals surface area contributed by atoms with Crippen LogP contribution >= 0.6 is 0 Å². The Balaban J connectivity index is 3.68. The summed E-state index contributed by atoms with van der Waals surface area (Å²) in [5.74, 6) is 0. The van der Waals surface area contributed by atoms with E-state index in [4.69, 9.17) is 10.5 Å². The highest BCUT2D eigenvalue weighted by molar-refractivity contribution is 4.78. The van der Waals surface area contributed by atoms with E-state index >= 15 is 0 Å². The molecule has 11 heavy (non-hydrogen) atoms. The van der Waals surface area contributed by atoms with Gasteiger partial charge in [-0.2, -0.15) is 0 Å². The van der Waals surface area contributed by atoms with Crippen molar-refractivity contribution in [3.63, 3.8) is 0 Å². The molecule has 0 aromatic rings. The predicted octanol–water partition coefficient (Wildman–Crippen LogP) is 0.513. The number of hydrogen-bond donors (Lipinski definition) is 2. The van der Waals surface area contributed by atoms with E-state index in [9.17, 15) is 5.11 Å². The molecular weight excluding hydrogens is 142 g/mol. The molecule has 0 aromatic carbocycles. The van der Waals surface area contributed by atoms with E-state index in [0.717, 1.165) is 6.42 Å². The fourth-order valence-electron chi connectivity index (χ4n) is 0.991. The van der Waals surface area contributed by atoms with Crippen molar-refractivity contribution in [2.45, 2.75) is 32.3 Å². The second-order valence-corrected chi connectivity index (χ2v) is 2.82. The molecule has 0 bridgehead atoms. The molecule has 1 atom stereocenters. The van der Waals surface area contributed by atoms with Gasteiger partial charge in [0.05, 0.1) is 6.61 Å². The Morgan fingerprint density at radius 2 is 2.09 bits per heavy atom. The topological polar surface area (TPSA) is 55.5 Å². The summed E-state index contributed by atoms with van der Waals surface area (Å²) >= 11 is 0. The third-order valence-corrected chi connectivity index (χ3v) is 1.67. The van der Waals surface area contributed by atoms with Gasteiger partial charge in [-0.05, 0) is 13.3 Å². The second-order valence-electron chi connectivity index (χ2n) is 2.82. The molecule has 0 saturated heterocycles. The van der Waals surface area contributed by atoms with Crippen LogP contribution in [0.1, 0.15) is 26.7 Å². The highest BCUT2D eigenvalue weighted by Crippen LogP contribution is 2.11. The molecule has 0 aliphatic rings. The summed E-state index contributed by atoms with van der Waals surface area (Å²) in [5, 5.41) is 9.70. The van der Waals surface area contributed by atoms with Crippen molar-refractivity contribution < 1.29 is 9.84 Å². The van der Waals surface area contributed by atoms with Gasteiger partial charge < -0.3 is 15.6 Å². The molecule has 0 aromatic heterocycles. The van der Waals surface area contributed by atoms with Crippen molar-refractivity contribution in [2.24, 2.45) is 5.73 Å². The van der Waals surface area contributed by atoms with Gasteiger partial charge in [0.2, 0.25) is 0 Å². The van der Waals surface area contributed by atoms with E-state index in [1.165, 1.54) is 0 Å². The van der Waals surface area contributed by atoms with Gasteiger partial charge >= 0.3 is 0 Å². The zero-order chi connectivity index (χ0) is 8.74. The van der Waals surface area contributed by atoms with Gasteiger partial charge in [0.15, 0.2) is 0 Å². The standard InChI is InChI=1S/C8H19NO2/c1-3-5-8(10,6-9)7-11-4-2/h10H,3-7,9H2,1-2H3. The molecule has 0 aliphatic heterocycles. The zero-order valence-corrected chi connectivity index (χ0v) is 7.47. The smallest absolute Gasteiger partial charge is 0.100 e. The molecule has 0 rings (SSSR count). The summed E-state index contributed by atoms with van der Waals surface area (Å²) in [6, 6.07) is 0.